The molecule has 0 aliphatic heterocycles. The van der Waals surface area contributed by atoms with Gasteiger partial charge in [0.05, 0.1) is 19.8 Å². The van der Waals surface area contributed by atoms with Crippen molar-refractivity contribution < 1.29 is 23.8 Å². The lowest BCUT2D eigenvalue weighted by Crippen LogP contribution is -2.28. The van der Waals surface area contributed by atoms with Gasteiger partial charge in [-0.3, -0.25) is 4.79 Å². The Morgan fingerprint density at radius 3 is 2.45 bits per heavy atom. The monoisotopic (exact) mass is 454 g/mol. The number of aromatic nitrogens is 1. The molecule has 0 saturated heterocycles. The lowest BCUT2D eigenvalue weighted by Gasteiger charge is -2.18. The van der Waals surface area contributed by atoms with Crippen molar-refractivity contribution in [3.8, 4) is 5.88 Å². The second-order valence-corrected chi connectivity index (χ2v) is 8.47. The van der Waals surface area contributed by atoms with Crippen LogP contribution in [0.5, 0.6) is 5.88 Å². The van der Waals surface area contributed by atoms with E-state index in [-0.39, 0.29) is 5.91 Å². The van der Waals surface area contributed by atoms with E-state index in [1.807, 2.05) is 51.1 Å². The first kappa shape index (κ1) is 26.1. The van der Waals surface area contributed by atoms with E-state index in [9.17, 15) is 9.59 Å². The molecule has 1 heterocycles. The lowest BCUT2D eigenvalue weighted by atomic mass is 9.95. The molecule has 0 saturated carbocycles. The van der Waals surface area contributed by atoms with E-state index >= 15 is 0 Å². The molecule has 7 heteroatoms. The number of rotatable bonds is 12. The molecule has 33 heavy (non-hydrogen) atoms. The summed E-state index contributed by atoms with van der Waals surface area (Å²) < 4.78 is 16.4. The molecule has 0 spiro atoms. The Labute approximate surface area is 196 Å². The standard InChI is InChI=1S/C26H34N2O5/c1-5-32-23(29)16-14-21-13-15-22(27-24(21)28-25(30)26(2,3)4)33-18-10-9-17-31-19-20-11-7-6-8-12-20/h6-8,11-16H,5,9-10,17-19H2,1-4H3,(H,27,28,30). The molecule has 7 nitrogen and oxygen atoms in total. The molecule has 0 atom stereocenters. The Balaban J connectivity index is 1.90. The number of hydrogen-bond donors (Lipinski definition) is 1. The predicted octanol–water partition coefficient (Wildman–Crippen LogP) is 5.02. The highest BCUT2D eigenvalue weighted by Crippen LogP contribution is 2.23. The van der Waals surface area contributed by atoms with Crippen LogP contribution in [-0.2, 0) is 25.7 Å². The fourth-order valence-electron chi connectivity index (χ4n) is 2.66. The smallest absolute Gasteiger partial charge is 0.330 e. The number of hydrogen-bond acceptors (Lipinski definition) is 6. The molecule has 0 unspecified atom stereocenters. The average Bonchev–Trinajstić information content (AvgIpc) is 2.78. The highest BCUT2D eigenvalue weighted by molar-refractivity contribution is 5.96. The van der Waals surface area contributed by atoms with E-state index in [0.717, 1.165) is 18.4 Å². The van der Waals surface area contributed by atoms with E-state index in [1.165, 1.54) is 6.08 Å². The average molecular weight is 455 g/mol. The van der Waals surface area contributed by atoms with Crippen LogP contribution in [0.1, 0.15) is 51.7 Å². The molecule has 0 fully saturated rings. The van der Waals surface area contributed by atoms with Crippen molar-refractivity contribution in [1.29, 1.82) is 0 Å². The second-order valence-electron chi connectivity index (χ2n) is 8.47. The van der Waals surface area contributed by atoms with Crippen molar-refractivity contribution in [2.45, 2.75) is 47.1 Å². The molecule has 1 aromatic carbocycles. The van der Waals surface area contributed by atoms with Crippen molar-refractivity contribution in [2.24, 2.45) is 5.41 Å². The van der Waals surface area contributed by atoms with E-state index in [0.29, 0.717) is 43.7 Å². The van der Waals surface area contributed by atoms with E-state index in [2.05, 4.69) is 10.3 Å². The van der Waals surface area contributed by atoms with Gasteiger partial charge in [-0.25, -0.2) is 4.79 Å². The number of carbonyl (C=O) groups excluding carboxylic acids is 2. The number of carbonyl (C=O) groups is 2. The first-order valence-corrected chi connectivity index (χ1v) is 11.2. The summed E-state index contributed by atoms with van der Waals surface area (Å²) in [5, 5.41) is 2.83. The highest BCUT2D eigenvalue weighted by Gasteiger charge is 2.22. The van der Waals surface area contributed by atoms with Crippen LogP contribution in [0.25, 0.3) is 6.08 Å². The fraction of sp³-hybridized carbons (Fsp3) is 0.423. The number of nitrogens with zero attached hydrogens (tertiary/aromatic N) is 1. The molecular formula is C26H34N2O5. The summed E-state index contributed by atoms with van der Waals surface area (Å²) in [5.41, 5.74) is 1.14. The molecule has 1 amide bonds. The number of benzene rings is 1. The van der Waals surface area contributed by atoms with Crippen LogP contribution in [0.3, 0.4) is 0 Å². The zero-order chi connectivity index (χ0) is 24.1. The summed E-state index contributed by atoms with van der Waals surface area (Å²) in [7, 11) is 0. The van der Waals surface area contributed by atoms with Gasteiger partial charge in [0.25, 0.3) is 0 Å². The summed E-state index contributed by atoms with van der Waals surface area (Å²) in [6, 6.07) is 13.5. The molecule has 1 aromatic heterocycles. The third-order valence-electron chi connectivity index (χ3n) is 4.54. The van der Waals surface area contributed by atoms with Gasteiger partial charge in [0, 0.05) is 29.7 Å². The van der Waals surface area contributed by atoms with Crippen LogP contribution in [0.4, 0.5) is 5.82 Å². The summed E-state index contributed by atoms with van der Waals surface area (Å²) >= 11 is 0. The number of amides is 1. The van der Waals surface area contributed by atoms with Gasteiger partial charge in [-0.2, -0.15) is 4.98 Å². The van der Waals surface area contributed by atoms with Gasteiger partial charge in [0.2, 0.25) is 11.8 Å². The minimum Gasteiger partial charge on any atom is -0.478 e. The maximum Gasteiger partial charge on any atom is 0.330 e. The summed E-state index contributed by atoms with van der Waals surface area (Å²) in [4.78, 5) is 28.6. The molecule has 0 aliphatic rings. The Bertz CT molecular complexity index is 920. The van der Waals surface area contributed by atoms with Crippen LogP contribution in [0, 0.1) is 5.41 Å². The minimum atomic E-state index is -0.597. The van der Waals surface area contributed by atoms with Crippen LogP contribution in [0.2, 0.25) is 0 Å². The van der Waals surface area contributed by atoms with Crippen LogP contribution in [-0.4, -0.2) is 36.7 Å². The first-order chi connectivity index (χ1) is 15.8. The minimum absolute atomic E-state index is 0.187. The summed E-state index contributed by atoms with van der Waals surface area (Å²) in [6.07, 6.45) is 4.55. The molecule has 1 N–H and O–H groups in total. The Morgan fingerprint density at radius 1 is 1.03 bits per heavy atom. The Morgan fingerprint density at radius 2 is 1.76 bits per heavy atom. The van der Waals surface area contributed by atoms with Gasteiger partial charge in [0.15, 0.2) is 0 Å². The number of anilines is 1. The molecule has 2 aromatic rings. The highest BCUT2D eigenvalue weighted by atomic mass is 16.5. The lowest BCUT2D eigenvalue weighted by molar-refractivity contribution is -0.137. The van der Waals surface area contributed by atoms with E-state index < -0.39 is 11.4 Å². The largest absolute Gasteiger partial charge is 0.478 e. The van der Waals surface area contributed by atoms with Gasteiger partial charge in [-0.05, 0) is 37.5 Å². The second kappa shape index (κ2) is 13.4. The van der Waals surface area contributed by atoms with Gasteiger partial charge in [0.1, 0.15) is 5.82 Å². The number of ether oxygens (including phenoxy) is 3. The van der Waals surface area contributed by atoms with E-state index in [4.69, 9.17) is 14.2 Å². The molecule has 0 bridgehead atoms. The number of esters is 1. The third-order valence-corrected chi connectivity index (χ3v) is 4.54. The van der Waals surface area contributed by atoms with Crippen LogP contribution >= 0.6 is 0 Å². The van der Waals surface area contributed by atoms with Crippen molar-refractivity contribution in [2.75, 3.05) is 25.1 Å². The first-order valence-electron chi connectivity index (χ1n) is 11.2. The molecule has 0 aliphatic carbocycles. The zero-order valence-electron chi connectivity index (χ0n) is 19.9. The van der Waals surface area contributed by atoms with Gasteiger partial charge in [-0.15, -0.1) is 0 Å². The summed E-state index contributed by atoms with van der Waals surface area (Å²) in [6.45, 7) is 9.20. The molecule has 178 valence electrons. The zero-order valence-corrected chi connectivity index (χ0v) is 19.9. The fourth-order valence-corrected chi connectivity index (χ4v) is 2.66. The van der Waals surface area contributed by atoms with Crippen molar-refractivity contribution in [1.82, 2.24) is 4.98 Å². The quantitative estimate of drug-likeness (QED) is 0.275. The van der Waals surface area contributed by atoms with Crippen molar-refractivity contribution in [3.05, 3.63) is 59.7 Å². The maximum atomic E-state index is 12.5. The van der Waals surface area contributed by atoms with Crippen LogP contribution in [0.15, 0.2) is 48.5 Å². The van der Waals surface area contributed by atoms with Crippen LogP contribution < -0.4 is 10.1 Å². The van der Waals surface area contributed by atoms with E-state index in [1.54, 1.807) is 25.1 Å². The number of nitrogens with one attached hydrogen (secondary N) is 1. The van der Waals surface area contributed by atoms with Gasteiger partial charge < -0.3 is 19.5 Å². The van der Waals surface area contributed by atoms with Gasteiger partial charge >= 0.3 is 5.97 Å². The normalized spacial score (nSPS) is 11.4. The molecule has 2 rings (SSSR count). The summed E-state index contributed by atoms with van der Waals surface area (Å²) in [5.74, 6) is 0.0887. The predicted molar refractivity (Wildman–Crippen MR) is 129 cm³/mol. The van der Waals surface area contributed by atoms with Crippen molar-refractivity contribution >= 4 is 23.8 Å². The Hall–Kier alpha value is -3.19. The number of unbranched alkanes of at least 4 members (excludes halogenated alkanes) is 1. The number of pyridine rings is 1. The SMILES string of the molecule is CCOC(=O)C=Cc1ccc(OCCCCOCc2ccccc2)nc1NC(=O)C(C)(C)C. The topological polar surface area (TPSA) is 86.8 Å². The van der Waals surface area contributed by atoms with Crippen molar-refractivity contribution in [3.63, 3.8) is 0 Å². The Kier molecular flexibility index (Phi) is 10.6. The molecule has 0 radical (unpaired) electrons. The van der Waals surface area contributed by atoms with Gasteiger partial charge in [-0.1, -0.05) is 51.1 Å². The third kappa shape index (κ3) is 9.87. The maximum absolute atomic E-state index is 12.5. The molecular weight excluding hydrogens is 420 g/mol.